The number of carbonyl (C=O) groups excluding carboxylic acids is 3. The Balaban J connectivity index is 0.901. The maximum absolute atomic E-state index is 16.4. The molecule has 14 heteroatoms. The number of fused-ring (bicyclic) bond motifs is 2. The number of amides is 3. The largest absolute Gasteiger partial charge is 0.508 e. The molecule has 4 aromatic rings. The van der Waals surface area contributed by atoms with Gasteiger partial charge in [0.25, 0.3) is 5.91 Å². The highest BCUT2D eigenvalue weighted by molar-refractivity contribution is 6.05. The number of phenolic OH excluding ortho intramolecular Hbond substituents is 1. The summed E-state index contributed by atoms with van der Waals surface area (Å²) >= 11 is 0. The van der Waals surface area contributed by atoms with Gasteiger partial charge in [0.15, 0.2) is 0 Å². The number of rotatable bonds is 7. The summed E-state index contributed by atoms with van der Waals surface area (Å²) in [6, 6.07) is 17.3. The molecule has 0 radical (unpaired) electrons. The Morgan fingerprint density at radius 3 is 2.26 bits per heavy atom. The third-order valence-corrected chi connectivity index (χ3v) is 14.4. The summed E-state index contributed by atoms with van der Waals surface area (Å²) in [5, 5.41) is 16.1. The summed E-state index contributed by atoms with van der Waals surface area (Å²) in [5.41, 5.74) is 1.72. The predicted octanol–water partition coefficient (Wildman–Crippen LogP) is 6.88. The molecule has 10 rings (SSSR count). The molecule has 6 aliphatic heterocycles. The van der Waals surface area contributed by atoms with Gasteiger partial charge in [0.1, 0.15) is 52.7 Å². The summed E-state index contributed by atoms with van der Waals surface area (Å²) in [5.74, 6) is -5.51. The van der Waals surface area contributed by atoms with Crippen LogP contribution in [0.25, 0.3) is 0 Å². The number of anilines is 1. The van der Waals surface area contributed by atoms with Crippen molar-refractivity contribution in [2.24, 2.45) is 11.3 Å². The van der Waals surface area contributed by atoms with Crippen molar-refractivity contribution in [3.05, 3.63) is 124 Å². The van der Waals surface area contributed by atoms with Gasteiger partial charge in [-0.25, -0.2) is 17.6 Å². The van der Waals surface area contributed by atoms with E-state index < -0.39 is 53.2 Å². The van der Waals surface area contributed by atoms with Crippen molar-refractivity contribution in [3.8, 4) is 11.5 Å². The van der Waals surface area contributed by atoms with Crippen molar-refractivity contribution in [1.82, 2.24) is 20.4 Å². The van der Waals surface area contributed by atoms with Crippen molar-refractivity contribution in [2.75, 3.05) is 44.2 Å². The van der Waals surface area contributed by atoms with Gasteiger partial charge in [-0.15, -0.1) is 0 Å². The second kappa shape index (κ2) is 15.5. The fourth-order valence-corrected chi connectivity index (χ4v) is 11.5. The Kier molecular flexibility index (Phi) is 10.1. The van der Waals surface area contributed by atoms with E-state index in [4.69, 9.17) is 4.74 Å². The maximum Gasteiger partial charge on any atom is 0.256 e. The summed E-state index contributed by atoms with van der Waals surface area (Å²) in [6.45, 7) is 3.18. The number of carbonyl (C=O) groups is 3. The third kappa shape index (κ3) is 6.73. The lowest BCUT2D eigenvalue weighted by molar-refractivity contribution is -0.163. The Morgan fingerprint density at radius 1 is 0.820 bits per heavy atom. The SMILES string of the molecule is O=C1CCC(N2C(=O)c3ccccc3C2N2CC3(CCNCC3)C2CC2CCN(c3c(F)cc([C@@H]4c5ccc(O)cc5OC[C@@H]4c4c(F)cccc4F)cc3F)CC2)C(=O)N1. The number of hydrogen-bond acceptors (Lipinski definition) is 8. The van der Waals surface area contributed by atoms with E-state index >= 15 is 17.6 Å². The molecule has 4 fully saturated rings. The van der Waals surface area contributed by atoms with E-state index in [1.165, 1.54) is 30.3 Å². The molecule has 0 saturated carbocycles. The van der Waals surface area contributed by atoms with Crippen LogP contribution in [0.2, 0.25) is 0 Å². The molecule has 4 aromatic carbocycles. The third-order valence-electron chi connectivity index (χ3n) is 14.4. The topological polar surface area (TPSA) is 114 Å². The lowest BCUT2D eigenvalue weighted by Gasteiger charge is -2.63. The van der Waals surface area contributed by atoms with Gasteiger partial charge in [-0.1, -0.05) is 30.3 Å². The van der Waals surface area contributed by atoms with E-state index in [1.54, 1.807) is 15.9 Å². The van der Waals surface area contributed by atoms with Crippen LogP contribution < -0.4 is 20.3 Å². The Hall–Kier alpha value is -5.47. The van der Waals surface area contributed by atoms with Crippen molar-refractivity contribution < 1.29 is 41.8 Å². The summed E-state index contributed by atoms with van der Waals surface area (Å²) in [4.78, 5) is 45.3. The quantitative estimate of drug-likeness (QED) is 0.137. The van der Waals surface area contributed by atoms with Crippen LogP contribution in [-0.4, -0.2) is 84.0 Å². The number of imide groups is 1. The molecule has 5 atom stereocenters. The highest BCUT2D eigenvalue weighted by Gasteiger charge is 2.59. The lowest BCUT2D eigenvalue weighted by atomic mass is 9.62. The minimum absolute atomic E-state index is 0.0123. The first kappa shape index (κ1) is 39.7. The molecular formula is C47H47F4N5O5. The van der Waals surface area contributed by atoms with Gasteiger partial charge in [0.05, 0.1) is 6.61 Å². The number of hydrogen-bond donors (Lipinski definition) is 3. The molecular weight excluding hydrogens is 791 g/mol. The van der Waals surface area contributed by atoms with Crippen LogP contribution >= 0.6 is 0 Å². The molecule has 318 valence electrons. The number of aromatic hydroxyl groups is 1. The maximum atomic E-state index is 16.4. The van der Waals surface area contributed by atoms with Crippen LogP contribution in [0.3, 0.4) is 0 Å². The van der Waals surface area contributed by atoms with Gasteiger partial charge in [-0.3, -0.25) is 24.6 Å². The Morgan fingerprint density at radius 2 is 1.54 bits per heavy atom. The standard InChI is InChI=1S/C47H47F4N5O5/c48-33-6-3-7-34(49)42(33)32-24-61-38-23-28(57)8-9-31(38)41(32)27-21-35(50)43(36(51)22-27)54-18-12-26(13-19-54)20-39-47(14-16-52-17-15-47)25-55(39)45-29-4-1-2-5-30(29)46(60)56(45)37-10-11-40(58)53-44(37)59/h1-9,21-23,26,32,37,39,41,45,52,57H,10-20,24-25H2,(H,53,58,59)/t32-,37?,39?,41+,45?/m0/s1. The molecule has 6 aliphatic rings. The lowest BCUT2D eigenvalue weighted by Crippen LogP contribution is -2.70. The van der Waals surface area contributed by atoms with Crippen LogP contribution in [0.4, 0.5) is 23.2 Å². The minimum atomic E-state index is -0.945. The number of nitrogens with zero attached hydrogens (tertiary/aromatic N) is 3. The van der Waals surface area contributed by atoms with Gasteiger partial charge in [-0.05, 0) is 99.5 Å². The summed E-state index contributed by atoms with van der Waals surface area (Å²) in [7, 11) is 0. The first-order valence-corrected chi connectivity index (χ1v) is 21.4. The number of piperidine rings is 3. The van der Waals surface area contributed by atoms with Crippen LogP contribution in [0.5, 0.6) is 11.5 Å². The van der Waals surface area contributed by atoms with Gasteiger partial charge >= 0.3 is 0 Å². The Labute approximate surface area is 350 Å². The molecule has 3 N–H and O–H groups in total. The van der Waals surface area contributed by atoms with Crippen LogP contribution in [-0.2, 0) is 9.59 Å². The number of nitrogens with one attached hydrogen (secondary N) is 2. The van der Waals surface area contributed by atoms with E-state index in [0.717, 1.165) is 56.6 Å². The average molecular weight is 838 g/mol. The monoisotopic (exact) mass is 837 g/mol. The van der Waals surface area contributed by atoms with E-state index in [0.29, 0.717) is 37.1 Å². The highest BCUT2D eigenvalue weighted by atomic mass is 19.1. The fraction of sp³-hybridized carbons (Fsp3) is 0.426. The predicted molar refractivity (Wildman–Crippen MR) is 217 cm³/mol. The van der Waals surface area contributed by atoms with Crippen LogP contribution in [0, 0.1) is 34.6 Å². The zero-order valence-electron chi connectivity index (χ0n) is 33.5. The molecule has 0 aliphatic carbocycles. The van der Waals surface area contributed by atoms with E-state index in [2.05, 4.69) is 15.5 Å². The zero-order valence-corrected chi connectivity index (χ0v) is 33.5. The van der Waals surface area contributed by atoms with E-state index in [9.17, 15) is 19.5 Å². The molecule has 4 saturated heterocycles. The molecule has 61 heavy (non-hydrogen) atoms. The van der Waals surface area contributed by atoms with Crippen LogP contribution in [0.15, 0.2) is 72.8 Å². The second-order valence-corrected chi connectivity index (χ2v) is 17.7. The first-order chi connectivity index (χ1) is 29.5. The summed E-state index contributed by atoms with van der Waals surface area (Å²) < 4.78 is 69.1. The van der Waals surface area contributed by atoms with Gasteiger partial charge in [-0.2, -0.15) is 0 Å². The summed E-state index contributed by atoms with van der Waals surface area (Å²) in [6.07, 6.45) is 4.10. The van der Waals surface area contributed by atoms with Crippen molar-refractivity contribution in [1.29, 1.82) is 0 Å². The molecule has 3 unspecified atom stereocenters. The van der Waals surface area contributed by atoms with E-state index in [1.807, 2.05) is 24.3 Å². The smallest absolute Gasteiger partial charge is 0.256 e. The molecule has 10 nitrogen and oxygen atoms in total. The number of phenols is 1. The molecule has 0 bridgehead atoms. The van der Waals surface area contributed by atoms with Crippen molar-refractivity contribution in [2.45, 2.75) is 75.0 Å². The van der Waals surface area contributed by atoms with Gasteiger partial charge < -0.3 is 25.0 Å². The van der Waals surface area contributed by atoms with Crippen molar-refractivity contribution in [3.63, 3.8) is 0 Å². The number of ether oxygens (including phenoxy) is 1. The number of halogens is 4. The first-order valence-electron chi connectivity index (χ1n) is 21.4. The minimum Gasteiger partial charge on any atom is -0.508 e. The van der Waals surface area contributed by atoms with E-state index in [-0.39, 0.29) is 77.0 Å². The number of benzene rings is 4. The Bertz CT molecular complexity index is 2380. The molecule has 0 aromatic heterocycles. The zero-order chi connectivity index (χ0) is 42.2. The number of likely N-dealkylation sites (tertiary alicyclic amines) is 1. The molecule has 3 amide bonds. The molecule has 6 heterocycles. The second-order valence-electron chi connectivity index (χ2n) is 17.7. The van der Waals surface area contributed by atoms with Crippen molar-refractivity contribution >= 4 is 23.4 Å². The molecule has 1 spiro atoms. The average Bonchev–Trinajstić information content (AvgIpc) is 3.53. The normalized spacial score (nSPS) is 26.4. The highest BCUT2D eigenvalue weighted by Crippen LogP contribution is 2.55. The van der Waals surface area contributed by atoms with Crippen LogP contribution in [0.1, 0.15) is 95.6 Å². The fourth-order valence-electron chi connectivity index (χ4n) is 11.5. The van der Waals surface area contributed by atoms with Gasteiger partial charge in [0.2, 0.25) is 11.8 Å². The van der Waals surface area contributed by atoms with Gasteiger partial charge in [0, 0.05) is 77.7 Å².